The number of hydrogen-bond acceptors (Lipinski definition) is 3. The van der Waals surface area contributed by atoms with Crippen molar-refractivity contribution in [2.75, 3.05) is 0 Å². The van der Waals surface area contributed by atoms with E-state index in [0.29, 0.717) is 0 Å². The average Bonchev–Trinajstić information content (AvgIpc) is 2.86. The Hall–Kier alpha value is -1.94. The first-order chi connectivity index (χ1) is 9.69. The Morgan fingerprint density at radius 1 is 1.30 bits per heavy atom. The third kappa shape index (κ3) is 4.03. The first-order valence-electron chi connectivity index (χ1n) is 6.62. The van der Waals surface area contributed by atoms with Gasteiger partial charge in [0, 0.05) is 12.5 Å². The molecule has 0 amide bonds. The molecule has 1 aromatic carbocycles. The van der Waals surface area contributed by atoms with Gasteiger partial charge in [0.05, 0.1) is 15.6 Å². The molecule has 0 unspecified atom stereocenters. The lowest BCUT2D eigenvalue weighted by atomic mass is 10.1. The molecule has 2 rings (SSSR count). The van der Waals surface area contributed by atoms with Crippen LogP contribution in [0.4, 0.5) is 0 Å². The zero-order valence-corrected chi connectivity index (χ0v) is 12.2. The molecule has 0 bridgehead atoms. The van der Waals surface area contributed by atoms with Crippen LogP contribution in [0.2, 0.25) is 0 Å². The molecule has 0 radical (unpaired) electrons. The minimum Gasteiger partial charge on any atom is -0.478 e. The second-order valence-corrected chi connectivity index (χ2v) is 5.54. The van der Waals surface area contributed by atoms with Gasteiger partial charge < -0.3 is 5.11 Å². The fourth-order valence-electron chi connectivity index (χ4n) is 1.95. The van der Waals surface area contributed by atoms with E-state index in [4.69, 9.17) is 5.11 Å². The number of nitrogens with zero attached hydrogens (tertiary/aromatic N) is 1. The van der Waals surface area contributed by atoms with Gasteiger partial charge in [0.2, 0.25) is 0 Å². The van der Waals surface area contributed by atoms with E-state index in [0.717, 1.165) is 34.8 Å². The van der Waals surface area contributed by atoms with Crippen molar-refractivity contribution in [3.63, 3.8) is 0 Å². The molecule has 2 aromatic rings. The monoisotopic (exact) mass is 287 g/mol. The summed E-state index contributed by atoms with van der Waals surface area (Å²) in [4.78, 5) is 16.1. The number of aromatic nitrogens is 1. The summed E-state index contributed by atoms with van der Waals surface area (Å²) in [6.07, 6.45) is 5.49. The second-order valence-electron chi connectivity index (χ2n) is 4.43. The Labute approximate surface area is 122 Å². The summed E-state index contributed by atoms with van der Waals surface area (Å²) in [6, 6.07) is 10.3. The molecule has 0 aliphatic carbocycles. The van der Waals surface area contributed by atoms with Gasteiger partial charge in [-0.15, -0.1) is 11.3 Å². The number of carboxylic acids is 1. The molecule has 0 spiro atoms. The van der Waals surface area contributed by atoms with E-state index in [-0.39, 0.29) is 0 Å². The third-order valence-corrected chi connectivity index (χ3v) is 4.08. The van der Waals surface area contributed by atoms with Crippen molar-refractivity contribution in [3.05, 3.63) is 57.6 Å². The number of rotatable bonds is 6. The maximum absolute atomic E-state index is 10.6. The molecule has 0 saturated heterocycles. The molecule has 1 aromatic heterocycles. The van der Waals surface area contributed by atoms with Gasteiger partial charge in [-0.05, 0) is 24.5 Å². The van der Waals surface area contributed by atoms with Gasteiger partial charge in [-0.3, -0.25) is 0 Å². The van der Waals surface area contributed by atoms with E-state index in [1.54, 1.807) is 17.4 Å². The highest BCUT2D eigenvalue weighted by atomic mass is 32.1. The van der Waals surface area contributed by atoms with Crippen molar-refractivity contribution in [2.45, 2.75) is 26.2 Å². The number of aliphatic carboxylic acids is 1. The minimum absolute atomic E-state index is 0.821. The van der Waals surface area contributed by atoms with Crippen LogP contribution < -0.4 is 0 Å². The summed E-state index contributed by atoms with van der Waals surface area (Å²) in [5, 5.41) is 9.76. The number of carboxylic acid groups (broad SMARTS) is 1. The lowest BCUT2D eigenvalue weighted by molar-refractivity contribution is -0.131. The molecule has 104 valence electrons. The smallest absolute Gasteiger partial charge is 0.328 e. The maximum Gasteiger partial charge on any atom is 0.328 e. The lowest BCUT2D eigenvalue weighted by Gasteiger charge is -1.97. The van der Waals surface area contributed by atoms with Crippen LogP contribution in [-0.4, -0.2) is 16.1 Å². The first kappa shape index (κ1) is 14.5. The Bertz CT molecular complexity index is 602. The number of thiazole rings is 1. The van der Waals surface area contributed by atoms with Gasteiger partial charge in [-0.25, -0.2) is 9.78 Å². The Balaban J connectivity index is 2.07. The molecule has 4 heteroatoms. The van der Waals surface area contributed by atoms with Gasteiger partial charge in [-0.2, -0.15) is 0 Å². The van der Waals surface area contributed by atoms with Gasteiger partial charge >= 0.3 is 5.97 Å². The van der Waals surface area contributed by atoms with E-state index < -0.39 is 5.97 Å². The van der Waals surface area contributed by atoms with E-state index in [1.165, 1.54) is 11.6 Å². The molecule has 0 fully saturated rings. The number of aryl methyl sites for hydroxylation is 3. The van der Waals surface area contributed by atoms with Crippen molar-refractivity contribution in [1.29, 1.82) is 0 Å². The summed E-state index contributed by atoms with van der Waals surface area (Å²) in [6.45, 7) is 2.04. The highest BCUT2D eigenvalue weighted by Gasteiger charge is 2.08. The minimum atomic E-state index is -0.925. The molecular formula is C16H17NO2S. The molecule has 3 nitrogen and oxygen atoms in total. The summed E-state index contributed by atoms with van der Waals surface area (Å²) in [5.41, 5.74) is 2.28. The zero-order chi connectivity index (χ0) is 14.4. The maximum atomic E-state index is 10.6. The fraction of sp³-hybridized carbons (Fsp3) is 0.250. The SMILES string of the molecule is CCc1nc(CCc2ccccc2)sc1/C=C/C(=O)O. The van der Waals surface area contributed by atoms with Crippen LogP contribution in [0.5, 0.6) is 0 Å². The van der Waals surface area contributed by atoms with Crippen LogP contribution >= 0.6 is 11.3 Å². The molecule has 1 heterocycles. The molecule has 0 atom stereocenters. The standard InChI is InChI=1S/C16H17NO2S/c1-2-13-14(9-11-16(18)19)20-15(17-13)10-8-12-6-4-3-5-7-12/h3-7,9,11H,2,8,10H2,1H3,(H,18,19)/b11-9+. The molecule has 0 aliphatic rings. The van der Waals surface area contributed by atoms with Crippen LogP contribution in [0.25, 0.3) is 6.08 Å². The van der Waals surface area contributed by atoms with Crippen molar-refractivity contribution < 1.29 is 9.90 Å². The summed E-state index contributed by atoms with van der Waals surface area (Å²) in [5.74, 6) is -0.925. The number of carbonyl (C=O) groups is 1. The van der Waals surface area contributed by atoms with Gasteiger partial charge in [0.15, 0.2) is 0 Å². The molecule has 0 aliphatic heterocycles. The van der Waals surface area contributed by atoms with Gasteiger partial charge in [-0.1, -0.05) is 37.3 Å². The Morgan fingerprint density at radius 2 is 2.05 bits per heavy atom. The molecular weight excluding hydrogens is 270 g/mol. The van der Waals surface area contributed by atoms with Crippen molar-refractivity contribution in [2.24, 2.45) is 0 Å². The highest BCUT2D eigenvalue weighted by Crippen LogP contribution is 2.22. The highest BCUT2D eigenvalue weighted by molar-refractivity contribution is 7.12. The van der Waals surface area contributed by atoms with E-state index in [2.05, 4.69) is 17.1 Å². The van der Waals surface area contributed by atoms with Crippen LogP contribution in [-0.2, 0) is 24.1 Å². The van der Waals surface area contributed by atoms with Gasteiger partial charge in [0.25, 0.3) is 0 Å². The number of benzene rings is 1. The number of hydrogen-bond donors (Lipinski definition) is 1. The second kappa shape index (κ2) is 7.01. The lowest BCUT2D eigenvalue weighted by Crippen LogP contribution is -1.91. The summed E-state index contributed by atoms with van der Waals surface area (Å²) < 4.78 is 0. The predicted molar refractivity (Wildman–Crippen MR) is 82.0 cm³/mol. The Morgan fingerprint density at radius 3 is 2.70 bits per heavy atom. The fourth-order valence-corrected chi connectivity index (χ4v) is 3.01. The van der Waals surface area contributed by atoms with E-state index in [9.17, 15) is 4.79 Å². The largest absolute Gasteiger partial charge is 0.478 e. The van der Waals surface area contributed by atoms with Gasteiger partial charge in [0.1, 0.15) is 0 Å². The van der Waals surface area contributed by atoms with Crippen LogP contribution in [0, 0.1) is 0 Å². The van der Waals surface area contributed by atoms with E-state index >= 15 is 0 Å². The third-order valence-electron chi connectivity index (χ3n) is 2.95. The topological polar surface area (TPSA) is 50.2 Å². The zero-order valence-electron chi connectivity index (χ0n) is 11.4. The molecule has 20 heavy (non-hydrogen) atoms. The van der Waals surface area contributed by atoms with Crippen molar-refractivity contribution >= 4 is 23.4 Å². The average molecular weight is 287 g/mol. The predicted octanol–water partition coefficient (Wildman–Crippen LogP) is 3.59. The summed E-state index contributed by atoms with van der Waals surface area (Å²) >= 11 is 1.58. The van der Waals surface area contributed by atoms with Crippen molar-refractivity contribution in [1.82, 2.24) is 4.98 Å². The normalized spacial score (nSPS) is 11.1. The van der Waals surface area contributed by atoms with Crippen molar-refractivity contribution in [3.8, 4) is 0 Å². The first-order valence-corrected chi connectivity index (χ1v) is 7.44. The van der Waals surface area contributed by atoms with Crippen LogP contribution in [0.1, 0.15) is 28.1 Å². The molecule has 0 saturated carbocycles. The van der Waals surface area contributed by atoms with E-state index in [1.807, 2.05) is 25.1 Å². The van der Waals surface area contributed by atoms with Crippen LogP contribution in [0.15, 0.2) is 36.4 Å². The summed E-state index contributed by atoms with van der Waals surface area (Å²) in [7, 11) is 0. The Kier molecular flexibility index (Phi) is 5.07. The van der Waals surface area contributed by atoms with Crippen LogP contribution in [0.3, 0.4) is 0 Å². The molecule has 1 N–H and O–H groups in total. The quantitative estimate of drug-likeness (QED) is 0.826.